The van der Waals surface area contributed by atoms with Gasteiger partial charge in [-0.2, -0.15) is 0 Å². The average molecular weight is 278 g/mol. The van der Waals surface area contributed by atoms with Gasteiger partial charge in [-0.25, -0.2) is 9.97 Å². The molecule has 5 nitrogen and oxygen atoms in total. The Morgan fingerprint density at radius 1 is 1.25 bits per heavy atom. The van der Waals surface area contributed by atoms with Gasteiger partial charge >= 0.3 is 0 Å². The van der Waals surface area contributed by atoms with Crippen molar-refractivity contribution in [1.82, 2.24) is 9.97 Å². The summed E-state index contributed by atoms with van der Waals surface area (Å²) in [6.07, 6.45) is 0. The molecule has 1 fully saturated rings. The van der Waals surface area contributed by atoms with E-state index in [9.17, 15) is 0 Å². The minimum absolute atomic E-state index is 0.474. The fraction of sp³-hybridized carbons (Fsp3) is 0.733. The van der Waals surface area contributed by atoms with Crippen molar-refractivity contribution in [3.05, 3.63) is 11.9 Å². The van der Waals surface area contributed by atoms with E-state index in [2.05, 4.69) is 41.0 Å². The first-order chi connectivity index (χ1) is 9.63. The molecule has 0 saturated carbocycles. The Balaban J connectivity index is 2.20. The molecule has 1 aromatic heterocycles. The number of rotatable bonds is 6. The molecule has 2 heterocycles. The summed E-state index contributed by atoms with van der Waals surface area (Å²) in [5.41, 5.74) is 0. The van der Waals surface area contributed by atoms with Gasteiger partial charge in [-0.1, -0.05) is 13.8 Å². The zero-order valence-corrected chi connectivity index (χ0v) is 13.0. The molecule has 1 saturated heterocycles. The molecule has 1 aliphatic rings. The van der Waals surface area contributed by atoms with E-state index >= 15 is 0 Å². The summed E-state index contributed by atoms with van der Waals surface area (Å²) in [6, 6.07) is 2.05. The predicted octanol–water partition coefficient (Wildman–Crippen LogP) is 2.54. The Morgan fingerprint density at radius 2 is 1.95 bits per heavy atom. The Hall–Kier alpha value is -1.36. The Bertz CT molecular complexity index is 428. The third kappa shape index (κ3) is 3.60. The van der Waals surface area contributed by atoms with Crippen LogP contribution in [-0.2, 0) is 11.3 Å². The molecule has 1 N–H and O–H groups in total. The quantitative estimate of drug-likeness (QED) is 0.866. The first-order valence-electron chi connectivity index (χ1n) is 7.58. The molecule has 0 aromatic carbocycles. The van der Waals surface area contributed by atoms with Crippen LogP contribution in [0.2, 0.25) is 0 Å². The van der Waals surface area contributed by atoms with Crippen molar-refractivity contribution in [2.45, 2.75) is 34.3 Å². The third-order valence-electron chi connectivity index (χ3n) is 3.86. The number of hydrogen-bond acceptors (Lipinski definition) is 5. The topological polar surface area (TPSA) is 50.3 Å². The van der Waals surface area contributed by atoms with Crippen LogP contribution in [-0.4, -0.2) is 36.2 Å². The van der Waals surface area contributed by atoms with Crippen LogP contribution in [0.25, 0.3) is 0 Å². The zero-order chi connectivity index (χ0) is 14.5. The van der Waals surface area contributed by atoms with E-state index < -0.39 is 0 Å². The molecule has 0 spiro atoms. The number of aromatic nitrogens is 2. The fourth-order valence-corrected chi connectivity index (χ4v) is 2.49. The summed E-state index contributed by atoms with van der Waals surface area (Å²) in [6.45, 7) is 12.8. The van der Waals surface area contributed by atoms with Crippen molar-refractivity contribution in [2.75, 3.05) is 36.5 Å². The van der Waals surface area contributed by atoms with E-state index in [0.717, 1.165) is 37.1 Å². The molecule has 0 aliphatic carbocycles. The van der Waals surface area contributed by atoms with Crippen molar-refractivity contribution in [3.63, 3.8) is 0 Å². The summed E-state index contributed by atoms with van der Waals surface area (Å²) in [4.78, 5) is 11.5. The number of ether oxygens (including phenoxy) is 1. The van der Waals surface area contributed by atoms with Gasteiger partial charge in [0.1, 0.15) is 18.2 Å². The lowest BCUT2D eigenvalue weighted by Gasteiger charge is -2.19. The second kappa shape index (κ2) is 6.88. The van der Waals surface area contributed by atoms with Crippen LogP contribution in [0.1, 0.15) is 33.5 Å². The molecule has 0 radical (unpaired) electrons. The van der Waals surface area contributed by atoms with Crippen LogP contribution in [0.4, 0.5) is 11.6 Å². The monoisotopic (exact) mass is 278 g/mol. The van der Waals surface area contributed by atoms with Crippen molar-refractivity contribution < 1.29 is 4.74 Å². The van der Waals surface area contributed by atoms with Crippen LogP contribution in [0.3, 0.4) is 0 Å². The van der Waals surface area contributed by atoms with Crippen molar-refractivity contribution in [2.24, 2.45) is 11.8 Å². The lowest BCUT2D eigenvalue weighted by Crippen LogP contribution is -2.22. The van der Waals surface area contributed by atoms with E-state index in [0.29, 0.717) is 25.0 Å². The standard InChI is InChI=1S/C15H26N4O/c1-5-16-13-7-15(18-14(17-13)10-20-6-2)19-8-11(3)12(4)9-19/h7,11-12H,5-6,8-10H2,1-4H3,(H,16,17,18). The minimum atomic E-state index is 0.474. The number of hydrogen-bond donors (Lipinski definition) is 1. The Kier molecular flexibility index (Phi) is 5.17. The highest BCUT2D eigenvalue weighted by Crippen LogP contribution is 2.27. The van der Waals surface area contributed by atoms with Gasteiger partial charge in [-0.15, -0.1) is 0 Å². The van der Waals surface area contributed by atoms with Crippen molar-refractivity contribution >= 4 is 11.6 Å². The van der Waals surface area contributed by atoms with Crippen LogP contribution >= 0.6 is 0 Å². The molecule has 5 heteroatoms. The first kappa shape index (κ1) is 15.0. The van der Waals surface area contributed by atoms with Gasteiger partial charge in [-0.05, 0) is 25.7 Å². The van der Waals surface area contributed by atoms with E-state index in [1.807, 2.05) is 13.0 Å². The number of nitrogens with one attached hydrogen (secondary N) is 1. The van der Waals surface area contributed by atoms with Crippen LogP contribution in [0, 0.1) is 11.8 Å². The summed E-state index contributed by atoms with van der Waals surface area (Å²) in [5.74, 6) is 4.08. The molecule has 0 amide bonds. The SMILES string of the molecule is CCNc1cc(N2CC(C)C(C)C2)nc(COCC)n1. The molecule has 112 valence electrons. The highest BCUT2D eigenvalue weighted by Gasteiger charge is 2.27. The molecule has 1 aliphatic heterocycles. The van der Waals surface area contributed by atoms with Gasteiger partial charge < -0.3 is 15.0 Å². The summed E-state index contributed by atoms with van der Waals surface area (Å²) >= 11 is 0. The Morgan fingerprint density at radius 3 is 2.55 bits per heavy atom. The summed E-state index contributed by atoms with van der Waals surface area (Å²) in [5, 5.41) is 3.28. The van der Waals surface area contributed by atoms with Gasteiger partial charge in [0, 0.05) is 32.3 Å². The van der Waals surface area contributed by atoms with Gasteiger partial charge in [0.25, 0.3) is 0 Å². The number of anilines is 2. The normalized spacial score (nSPS) is 22.3. The summed E-state index contributed by atoms with van der Waals surface area (Å²) < 4.78 is 5.44. The van der Waals surface area contributed by atoms with Gasteiger partial charge in [-0.3, -0.25) is 0 Å². The molecule has 2 atom stereocenters. The van der Waals surface area contributed by atoms with E-state index in [1.54, 1.807) is 0 Å². The van der Waals surface area contributed by atoms with E-state index in [1.165, 1.54) is 0 Å². The summed E-state index contributed by atoms with van der Waals surface area (Å²) in [7, 11) is 0. The largest absolute Gasteiger partial charge is 0.374 e. The highest BCUT2D eigenvalue weighted by molar-refractivity contribution is 5.50. The maximum atomic E-state index is 5.44. The lowest BCUT2D eigenvalue weighted by atomic mass is 10.0. The fourth-order valence-electron chi connectivity index (χ4n) is 2.49. The third-order valence-corrected chi connectivity index (χ3v) is 3.86. The average Bonchev–Trinajstić information content (AvgIpc) is 2.77. The van der Waals surface area contributed by atoms with Gasteiger partial charge in [0.05, 0.1) is 0 Å². The van der Waals surface area contributed by atoms with Crippen molar-refractivity contribution in [3.8, 4) is 0 Å². The molecule has 0 bridgehead atoms. The zero-order valence-electron chi connectivity index (χ0n) is 13.0. The maximum Gasteiger partial charge on any atom is 0.158 e. The minimum Gasteiger partial charge on any atom is -0.374 e. The highest BCUT2D eigenvalue weighted by atomic mass is 16.5. The van der Waals surface area contributed by atoms with Gasteiger partial charge in [0.2, 0.25) is 0 Å². The molecule has 20 heavy (non-hydrogen) atoms. The van der Waals surface area contributed by atoms with Crippen LogP contribution in [0.5, 0.6) is 0 Å². The molecule has 2 unspecified atom stereocenters. The first-order valence-corrected chi connectivity index (χ1v) is 7.58. The Labute approximate surface area is 121 Å². The van der Waals surface area contributed by atoms with E-state index in [-0.39, 0.29) is 0 Å². The van der Waals surface area contributed by atoms with Crippen LogP contribution < -0.4 is 10.2 Å². The lowest BCUT2D eigenvalue weighted by molar-refractivity contribution is 0.128. The molecule has 1 aromatic rings. The molecular weight excluding hydrogens is 252 g/mol. The predicted molar refractivity (Wildman–Crippen MR) is 82.1 cm³/mol. The smallest absolute Gasteiger partial charge is 0.158 e. The molecular formula is C15H26N4O. The van der Waals surface area contributed by atoms with Crippen molar-refractivity contribution in [1.29, 1.82) is 0 Å². The van der Waals surface area contributed by atoms with Gasteiger partial charge in [0.15, 0.2) is 5.82 Å². The second-order valence-corrected chi connectivity index (χ2v) is 5.55. The van der Waals surface area contributed by atoms with E-state index in [4.69, 9.17) is 4.74 Å². The van der Waals surface area contributed by atoms with Crippen LogP contribution in [0.15, 0.2) is 6.07 Å². The second-order valence-electron chi connectivity index (χ2n) is 5.55. The maximum absolute atomic E-state index is 5.44. The molecule has 2 rings (SSSR count). The number of nitrogens with zero attached hydrogens (tertiary/aromatic N) is 3.